The van der Waals surface area contributed by atoms with Crippen molar-refractivity contribution in [3.8, 4) is 0 Å². The quantitative estimate of drug-likeness (QED) is 0.678. The first-order chi connectivity index (χ1) is 15.6. The fourth-order valence-corrected chi connectivity index (χ4v) is 6.07. The molecule has 2 saturated heterocycles. The van der Waals surface area contributed by atoms with Gasteiger partial charge in [-0.2, -0.15) is 0 Å². The molecule has 6 nitrogen and oxygen atoms in total. The average molecular weight is 430 g/mol. The number of nitrogens with one attached hydrogen (secondary N) is 1. The van der Waals surface area contributed by atoms with E-state index < -0.39 is 0 Å². The third-order valence-corrected chi connectivity index (χ3v) is 7.85. The van der Waals surface area contributed by atoms with Crippen LogP contribution in [-0.4, -0.2) is 46.7 Å². The molecule has 6 rings (SSSR count). The second-order valence-corrected chi connectivity index (χ2v) is 9.73. The Morgan fingerprint density at radius 2 is 1.94 bits per heavy atom. The molecule has 2 aromatic heterocycles. The maximum Gasteiger partial charge on any atom is 0.253 e. The van der Waals surface area contributed by atoms with Crippen molar-refractivity contribution in [2.45, 2.75) is 44.3 Å². The van der Waals surface area contributed by atoms with Crippen molar-refractivity contribution >= 4 is 16.7 Å². The first-order valence-electron chi connectivity index (χ1n) is 11.9. The summed E-state index contributed by atoms with van der Waals surface area (Å²) in [5.41, 5.74) is 6.24. The molecule has 0 aliphatic carbocycles. The zero-order chi connectivity index (χ0) is 21.8. The van der Waals surface area contributed by atoms with Crippen molar-refractivity contribution in [3.63, 3.8) is 0 Å². The molecule has 3 aliphatic rings. The fraction of sp³-hybridized carbons (Fsp3) is 0.462. The predicted molar refractivity (Wildman–Crippen MR) is 128 cm³/mol. The van der Waals surface area contributed by atoms with Crippen LogP contribution in [0, 0.1) is 0 Å². The highest BCUT2D eigenvalue weighted by molar-refractivity contribution is 5.89. The van der Waals surface area contributed by atoms with E-state index in [0.29, 0.717) is 18.0 Å². The Morgan fingerprint density at radius 3 is 2.78 bits per heavy atom. The Hall–Kier alpha value is -2.70. The molecule has 2 unspecified atom stereocenters. The van der Waals surface area contributed by atoms with Gasteiger partial charge in [0.05, 0.1) is 11.7 Å². The second kappa shape index (κ2) is 7.71. The van der Waals surface area contributed by atoms with Gasteiger partial charge in [0.15, 0.2) is 0 Å². The average Bonchev–Trinajstić information content (AvgIpc) is 3.20. The molecule has 3 aromatic rings. The highest BCUT2D eigenvalue weighted by Gasteiger charge is 2.39. The molecule has 32 heavy (non-hydrogen) atoms. The van der Waals surface area contributed by atoms with Gasteiger partial charge in [0.25, 0.3) is 5.56 Å². The Kier molecular flexibility index (Phi) is 4.81. The summed E-state index contributed by atoms with van der Waals surface area (Å²) < 4.78 is 1.64. The van der Waals surface area contributed by atoms with Gasteiger partial charge in [0.2, 0.25) is 0 Å². The summed E-state index contributed by atoms with van der Waals surface area (Å²) in [4.78, 5) is 22.2. The number of piperazine rings is 1. The zero-order valence-corrected chi connectivity index (χ0v) is 18.9. The summed E-state index contributed by atoms with van der Waals surface area (Å²) in [6.45, 7) is 7.43. The summed E-state index contributed by atoms with van der Waals surface area (Å²) in [5, 5.41) is 4.53. The molecule has 166 valence electrons. The van der Waals surface area contributed by atoms with Crippen LogP contribution in [0.25, 0.3) is 11.0 Å². The van der Waals surface area contributed by atoms with E-state index in [4.69, 9.17) is 0 Å². The molecule has 3 aliphatic heterocycles. The molecule has 2 fully saturated rings. The Labute approximate surface area is 188 Å². The van der Waals surface area contributed by atoms with Crippen LogP contribution < -0.4 is 15.8 Å². The van der Waals surface area contributed by atoms with E-state index in [1.807, 2.05) is 6.07 Å². The minimum Gasteiger partial charge on any atom is -0.367 e. The number of aryl methyl sites for hydroxylation is 1. The van der Waals surface area contributed by atoms with Crippen LogP contribution in [0.4, 0.5) is 5.69 Å². The Bertz CT molecular complexity index is 1230. The number of piperidine rings is 1. The van der Waals surface area contributed by atoms with Gasteiger partial charge in [-0.15, -0.1) is 0 Å². The van der Waals surface area contributed by atoms with E-state index in [-0.39, 0.29) is 5.56 Å². The van der Waals surface area contributed by atoms with Gasteiger partial charge >= 0.3 is 0 Å². The SMILES string of the molecule is CC1CN(c2cc(=O)n(C)c3ncccc23)CC2c3ccc(C4CCNCC4)cc3CN12. The summed E-state index contributed by atoms with van der Waals surface area (Å²) in [5.74, 6) is 0.687. The third-order valence-electron chi connectivity index (χ3n) is 7.85. The largest absolute Gasteiger partial charge is 0.367 e. The van der Waals surface area contributed by atoms with Crippen molar-refractivity contribution < 1.29 is 0 Å². The summed E-state index contributed by atoms with van der Waals surface area (Å²) in [7, 11) is 1.80. The number of hydrogen-bond acceptors (Lipinski definition) is 5. The molecule has 5 heterocycles. The van der Waals surface area contributed by atoms with Crippen molar-refractivity contribution in [2.24, 2.45) is 7.05 Å². The van der Waals surface area contributed by atoms with Crippen molar-refractivity contribution in [1.29, 1.82) is 0 Å². The van der Waals surface area contributed by atoms with Crippen LogP contribution in [-0.2, 0) is 13.6 Å². The topological polar surface area (TPSA) is 53.4 Å². The lowest BCUT2D eigenvalue weighted by atomic mass is 9.88. The van der Waals surface area contributed by atoms with Gasteiger partial charge < -0.3 is 10.2 Å². The highest BCUT2D eigenvalue weighted by atomic mass is 16.1. The maximum absolute atomic E-state index is 12.7. The monoisotopic (exact) mass is 429 g/mol. The van der Waals surface area contributed by atoms with E-state index in [2.05, 4.69) is 51.3 Å². The van der Waals surface area contributed by atoms with E-state index in [0.717, 1.165) is 49.4 Å². The van der Waals surface area contributed by atoms with Crippen LogP contribution in [0.1, 0.15) is 48.4 Å². The first-order valence-corrected chi connectivity index (χ1v) is 11.9. The fourth-order valence-electron chi connectivity index (χ4n) is 6.07. The normalized spacial score (nSPS) is 24.0. The molecule has 1 N–H and O–H groups in total. The standard InChI is InChI=1S/C26H31N5O/c1-17-14-30(23-13-25(32)29(2)26-22(23)4-3-9-28-26)16-24-21-6-5-19(12-20(21)15-31(17)24)18-7-10-27-11-8-18/h3-6,9,12-13,17-18,24,27H,7-8,10-11,14-16H2,1-2H3. The number of rotatable bonds is 2. The molecule has 0 spiro atoms. The minimum atomic E-state index is -0.000261. The molecule has 1 aromatic carbocycles. The van der Waals surface area contributed by atoms with Crippen LogP contribution in [0.3, 0.4) is 0 Å². The van der Waals surface area contributed by atoms with E-state index in [9.17, 15) is 4.79 Å². The number of hydrogen-bond donors (Lipinski definition) is 1. The Morgan fingerprint density at radius 1 is 1.09 bits per heavy atom. The summed E-state index contributed by atoms with van der Waals surface area (Å²) in [6, 6.07) is 13.9. The Balaban J connectivity index is 1.35. The number of pyridine rings is 2. The van der Waals surface area contributed by atoms with Crippen LogP contribution in [0.2, 0.25) is 0 Å². The maximum atomic E-state index is 12.7. The highest BCUT2D eigenvalue weighted by Crippen LogP contribution is 2.42. The molecular formula is C26H31N5O. The first kappa shape index (κ1) is 19.9. The van der Waals surface area contributed by atoms with Crippen LogP contribution >= 0.6 is 0 Å². The molecule has 0 saturated carbocycles. The molecule has 0 bridgehead atoms. The molecule has 0 radical (unpaired) electrons. The smallest absolute Gasteiger partial charge is 0.253 e. The second-order valence-electron chi connectivity index (χ2n) is 9.73. The van der Waals surface area contributed by atoms with E-state index in [1.165, 1.54) is 29.5 Å². The number of aromatic nitrogens is 2. The van der Waals surface area contributed by atoms with Gasteiger partial charge in [-0.3, -0.25) is 14.3 Å². The van der Waals surface area contributed by atoms with E-state index in [1.54, 1.807) is 23.9 Å². The number of fused-ring (bicyclic) bond motifs is 4. The number of anilines is 1. The van der Waals surface area contributed by atoms with Gasteiger partial charge in [-0.05, 0) is 67.6 Å². The summed E-state index contributed by atoms with van der Waals surface area (Å²) >= 11 is 0. The van der Waals surface area contributed by atoms with Crippen molar-refractivity contribution in [1.82, 2.24) is 19.8 Å². The van der Waals surface area contributed by atoms with Crippen LogP contribution in [0.15, 0.2) is 47.4 Å². The molecule has 2 atom stereocenters. The summed E-state index contributed by atoms with van der Waals surface area (Å²) in [6.07, 6.45) is 4.24. The van der Waals surface area contributed by atoms with Crippen molar-refractivity contribution in [3.05, 3.63) is 69.6 Å². The predicted octanol–water partition coefficient (Wildman–Crippen LogP) is 3.17. The molecule has 0 amide bonds. The van der Waals surface area contributed by atoms with Gasteiger partial charge in [-0.1, -0.05) is 18.2 Å². The van der Waals surface area contributed by atoms with Gasteiger partial charge in [0.1, 0.15) is 5.65 Å². The number of benzene rings is 1. The van der Waals surface area contributed by atoms with E-state index >= 15 is 0 Å². The molecule has 6 heteroatoms. The van der Waals surface area contributed by atoms with Crippen molar-refractivity contribution in [2.75, 3.05) is 31.1 Å². The van der Waals surface area contributed by atoms with Gasteiger partial charge in [0, 0.05) is 50.4 Å². The third kappa shape index (κ3) is 3.16. The molecular weight excluding hydrogens is 398 g/mol. The number of nitrogens with zero attached hydrogens (tertiary/aromatic N) is 4. The lowest BCUT2D eigenvalue weighted by Gasteiger charge is -2.43. The lowest BCUT2D eigenvalue weighted by molar-refractivity contribution is 0.134. The minimum absolute atomic E-state index is 0.000261. The van der Waals surface area contributed by atoms with Gasteiger partial charge in [-0.25, -0.2) is 4.98 Å². The zero-order valence-electron chi connectivity index (χ0n) is 18.9. The lowest BCUT2D eigenvalue weighted by Crippen LogP contribution is -2.51. The van der Waals surface area contributed by atoms with Crippen LogP contribution in [0.5, 0.6) is 0 Å².